The van der Waals surface area contributed by atoms with Gasteiger partial charge in [0.15, 0.2) is 0 Å². The highest BCUT2D eigenvalue weighted by Crippen LogP contribution is 2.29. The van der Waals surface area contributed by atoms with Crippen LogP contribution in [0.1, 0.15) is 5.56 Å². The first-order valence-electron chi connectivity index (χ1n) is 6.77. The average molecular weight is 323 g/mol. The molecule has 0 aliphatic carbocycles. The van der Waals surface area contributed by atoms with Crippen molar-refractivity contribution in [2.45, 2.75) is 11.8 Å². The van der Waals surface area contributed by atoms with Crippen molar-refractivity contribution < 1.29 is 22.6 Å². The molecule has 5 nitrogen and oxygen atoms in total. The van der Waals surface area contributed by atoms with E-state index in [-0.39, 0.29) is 10.6 Å². The van der Waals surface area contributed by atoms with Gasteiger partial charge in [0.05, 0.1) is 26.0 Å². The lowest BCUT2D eigenvalue weighted by atomic mass is 10.2. The Labute approximate surface area is 131 Å². The highest BCUT2D eigenvalue weighted by molar-refractivity contribution is 7.85. The quantitative estimate of drug-likeness (QED) is 0.868. The van der Waals surface area contributed by atoms with Crippen LogP contribution in [0, 0.1) is 6.92 Å². The van der Waals surface area contributed by atoms with Gasteiger partial charge in [-0.05, 0) is 30.7 Å². The summed E-state index contributed by atoms with van der Waals surface area (Å²) in [6.45, 7) is 1.84. The highest BCUT2D eigenvalue weighted by Gasteiger charge is 2.10. The van der Waals surface area contributed by atoms with Crippen LogP contribution >= 0.6 is 0 Å². The number of rotatable bonds is 3. The topological polar surface area (TPSA) is 70.9 Å². The van der Waals surface area contributed by atoms with Crippen molar-refractivity contribution in [3.8, 4) is 11.5 Å². The second kappa shape index (κ2) is 7.93. The molecule has 0 amide bonds. The van der Waals surface area contributed by atoms with Gasteiger partial charge in [0, 0.05) is 0 Å². The molecule has 22 heavy (non-hydrogen) atoms. The molecule has 0 saturated carbocycles. The summed E-state index contributed by atoms with van der Waals surface area (Å²) in [5.74, 6) is 0.565. The van der Waals surface area contributed by atoms with Gasteiger partial charge in [-0.2, -0.15) is 0 Å². The van der Waals surface area contributed by atoms with Gasteiger partial charge in [-0.3, -0.25) is 0 Å². The molecule has 0 atom stereocenters. The maximum absolute atomic E-state index is 11.1. The van der Waals surface area contributed by atoms with Gasteiger partial charge in [-0.25, -0.2) is 8.42 Å². The molecular formula is C16H21NO4S. The second-order valence-electron chi connectivity index (χ2n) is 5.27. The first kappa shape index (κ1) is 18.2. The van der Waals surface area contributed by atoms with Gasteiger partial charge in [0.1, 0.15) is 21.6 Å². The van der Waals surface area contributed by atoms with E-state index in [0.717, 1.165) is 5.56 Å². The summed E-state index contributed by atoms with van der Waals surface area (Å²) >= 11 is 0. The maximum atomic E-state index is 11.1. The molecule has 2 aromatic rings. The van der Waals surface area contributed by atoms with E-state index in [0.29, 0.717) is 5.75 Å². The number of ether oxygens (including phenoxy) is 1. The Morgan fingerprint density at radius 3 is 1.86 bits per heavy atom. The summed E-state index contributed by atoms with van der Waals surface area (Å²) in [6.07, 6.45) is 0. The number of aryl methyl sites for hydroxylation is 1. The highest BCUT2D eigenvalue weighted by atomic mass is 32.2. The van der Waals surface area contributed by atoms with E-state index in [1.165, 1.54) is 23.1 Å². The van der Waals surface area contributed by atoms with Crippen LogP contribution in [0.5, 0.6) is 11.5 Å². The fourth-order valence-electron chi connectivity index (χ4n) is 1.53. The minimum atomic E-state index is -4.54. The van der Waals surface area contributed by atoms with Gasteiger partial charge < -0.3 is 14.2 Å². The summed E-state index contributed by atoms with van der Waals surface area (Å²) in [6, 6.07) is 13.0. The molecule has 120 valence electrons. The number of quaternary nitrogens is 1. The van der Waals surface area contributed by atoms with E-state index in [1.807, 2.05) is 19.1 Å². The van der Waals surface area contributed by atoms with E-state index in [2.05, 4.69) is 21.1 Å². The number of hydrogen-bond donors (Lipinski definition) is 1. The fourth-order valence-corrected chi connectivity index (χ4v) is 2.13. The minimum Gasteiger partial charge on any atom is -0.744 e. The van der Waals surface area contributed by atoms with Crippen molar-refractivity contribution in [3.05, 3.63) is 54.1 Å². The molecule has 0 saturated heterocycles. The van der Waals surface area contributed by atoms with Gasteiger partial charge in [0.2, 0.25) is 0 Å². The smallest absolute Gasteiger partial charge is 0.144 e. The molecular weight excluding hydrogens is 302 g/mol. The van der Waals surface area contributed by atoms with Crippen molar-refractivity contribution in [1.29, 1.82) is 0 Å². The van der Waals surface area contributed by atoms with Crippen molar-refractivity contribution >= 4 is 10.1 Å². The van der Waals surface area contributed by atoms with Gasteiger partial charge in [-0.15, -0.1) is 0 Å². The Hall–Kier alpha value is -1.89. The van der Waals surface area contributed by atoms with E-state index in [9.17, 15) is 13.0 Å². The Morgan fingerprint density at radius 2 is 1.36 bits per heavy atom. The van der Waals surface area contributed by atoms with Crippen LogP contribution < -0.4 is 9.64 Å². The van der Waals surface area contributed by atoms with Crippen LogP contribution in [0.3, 0.4) is 0 Å². The Kier molecular flexibility index (Phi) is 6.55. The summed E-state index contributed by atoms with van der Waals surface area (Å²) in [5, 5.41) is 0. The van der Waals surface area contributed by atoms with E-state index >= 15 is 0 Å². The first-order chi connectivity index (χ1) is 10.2. The monoisotopic (exact) mass is 323 g/mol. The Bertz CT molecular complexity index is 709. The summed E-state index contributed by atoms with van der Waals surface area (Å²) in [5.41, 5.74) is 0.857. The number of nitrogens with one attached hydrogen (secondary N) is 1. The molecule has 2 aromatic carbocycles. The maximum Gasteiger partial charge on any atom is 0.144 e. The zero-order valence-corrected chi connectivity index (χ0v) is 14.0. The van der Waals surface area contributed by atoms with Crippen molar-refractivity contribution in [3.63, 3.8) is 0 Å². The predicted molar refractivity (Wildman–Crippen MR) is 84.4 cm³/mol. The lowest BCUT2D eigenvalue weighted by molar-refractivity contribution is -0.836. The number of benzene rings is 2. The fraction of sp³-hybridized carbons (Fsp3) is 0.250. The number of para-hydroxylation sites is 2. The Morgan fingerprint density at radius 1 is 0.909 bits per heavy atom. The van der Waals surface area contributed by atoms with Crippen molar-refractivity contribution in [2.75, 3.05) is 21.1 Å². The molecule has 0 radical (unpaired) electrons. The molecule has 0 heterocycles. The molecule has 6 heteroatoms. The van der Waals surface area contributed by atoms with E-state index in [1.54, 1.807) is 18.2 Å². The van der Waals surface area contributed by atoms with Crippen LogP contribution in [0.4, 0.5) is 0 Å². The molecule has 0 aromatic heterocycles. The number of hydrogen-bond acceptors (Lipinski definition) is 4. The van der Waals surface area contributed by atoms with Gasteiger partial charge >= 0.3 is 0 Å². The second-order valence-corrected chi connectivity index (χ2v) is 6.62. The third-order valence-electron chi connectivity index (χ3n) is 2.43. The lowest BCUT2D eigenvalue weighted by Gasteiger charge is -2.14. The molecule has 0 unspecified atom stereocenters. The van der Waals surface area contributed by atoms with Crippen molar-refractivity contribution in [2.24, 2.45) is 0 Å². The molecule has 0 bridgehead atoms. The largest absolute Gasteiger partial charge is 0.744 e. The van der Waals surface area contributed by atoms with Crippen LogP contribution in [0.15, 0.2) is 53.4 Å². The third kappa shape index (κ3) is 5.85. The van der Waals surface area contributed by atoms with Crippen LogP contribution in [-0.2, 0) is 10.1 Å². The minimum absolute atomic E-state index is 0.0433. The third-order valence-corrected chi connectivity index (χ3v) is 3.31. The average Bonchev–Trinajstić information content (AvgIpc) is 2.40. The normalized spacial score (nSPS) is 10.8. The SMILES string of the molecule is C[NH+](C)C.Cc1ccccc1Oc1ccccc1S(=O)(=O)[O-]. The first-order valence-corrected chi connectivity index (χ1v) is 8.18. The molecule has 0 spiro atoms. The van der Waals surface area contributed by atoms with Crippen molar-refractivity contribution in [1.82, 2.24) is 0 Å². The Balaban J connectivity index is 0.000000541. The molecule has 0 aliphatic rings. The standard InChI is InChI=1S/C13H12O4S.C3H9N/c1-10-6-2-3-7-11(10)17-12-8-4-5-9-13(12)18(14,15)16;1-4(2)3/h2-9H,1H3,(H,14,15,16);1-3H3. The zero-order valence-electron chi connectivity index (χ0n) is 13.2. The van der Waals surface area contributed by atoms with Crippen LogP contribution in [0.25, 0.3) is 0 Å². The summed E-state index contributed by atoms with van der Waals surface area (Å²) in [4.78, 5) is 1.06. The van der Waals surface area contributed by atoms with E-state index < -0.39 is 10.1 Å². The van der Waals surface area contributed by atoms with Crippen LogP contribution in [-0.4, -0.2) is 34.1 Å². The predicted octanol–water partition coefficient (Wildman–Crippen LogP) is 1.45. The molecule has 0 fully saturated rings. The summed E-state index contributed by atoms with van der Waals surface area (Å²) in [7, 11) is 1.71. The van der Waals surface area contributed by atoms with Gasteiger partial charge in [0.25, 0.3) is 0 Å². The van der Waals surface area contributed by atoms with Gasteiger partial charge in [-0.1, -0.05) is 30.3 Å². The lowest BCUT2D eigenvalue weighted by Crippen LogP contribution is -3.02. The van der Waals surface area contributed by atoms with Crippen LogP contribution in [0.2, 0.25) is 0 Å². The summed E-state index contributed by atoms with van der Waals surface area (Å²) < 4.78 is 38.8. The van der Waals surface area contributed by atoms with E-state index in [4.69, 9.17) is 4.74 Å². The zero-order chi connectivity index (χ0) is 16.8. The molecule has 2 rings (SSSR count). The molecule has 0 aliphatic heterocycles. The molecule has 1 N–H and O–H groups in total.